The summed E-state index contributed by atoms with van der Waals surface area (Å²) in [5.74, 6) is 0.657. The molecule has 0 amide bonds. The molecule has 2 aliphatic rings. The maximum atomic E-state index is 6.28. The van der Waals surface area contributed by atoms with Crippen LogP contribution in [0.3, 0.4) is 0 Å². The SMILES string of the molecule is Clc1ccc(C2CNC3CCCCC3CO2)c(Cl)c1. The van der Waals surface area contributed by atoms with E-state index in [0.717, 1.165) is 18.7 Å². The molecule has 1 aliphatic carbocycles. The Labute approximate surface area is 124 Å². The maximum Gasteiger partial charge on any atom is 0.0963 e. The van der Waals surface area contributed by atoms with Crippen LogP contribution >= 0.6 is 23.2 Å². The lowest BCUT2D eigenvalue weighted by Gasteiger charge is -2.29. The van der Waals surface area contributed by atoms with Crippen molar-refractivity contribution in [3.05, 3.63) is 33.8 Å². The molecule has 104 valence electrons. The van der Waals surface area contributed by atoms with Gasteiger partial charge in [-0.1, -0.05) is 42.1 Å². The fourth-order valence-corrected chi connectivity index (χ4v) is 3.73. The van der Waals surface area contributed by atoms with Gasteiger partial charge in [-0.3, -0.25) is 0 Å². The van der Waals surface area contributed by atoms with Crippen molar-refractivity contribution in [1.82, 2.24) is 5.32 Å². The molecule has 1 saturated carbocycles. The molecule has 1 heterocycles. The number of nitrogens with one attached hydrogen (secondary N) is 1. The smallest absolute Gasteiger partial charge is 0.0963 e. The van der Waals surface area contributed by atoms with Gasteiger partial charge in [-0.15, -0.1) is 0 Å². The lowest BCUT2D eigenvalue weighted by molar-refractivity contribution is 0.0402. The Hall–Kier alpha value is -0.280. The van der Waals surface area contributed by atoms with Crippen molar-refractivity contribution in [3.63, 3.8) is 0 Å². The van der Waals surface area contributed by atoms with Crippen LogP contribution in [0.1, 0.15) is 37.4 Å². The van der Waals surface area contributed by atoms with E-state index in [4.69, 9.17) is 27.9 Å². The fourth-order valence-electron chi connectivity index (χ4n) is 3.20. The highest BCUT2D eigenvalue weighted by Gasteiger charge is 2.30. The highest BCUT2D eigenvalue weighted by Crippen LogP contribution is 2.33. The number of halogens is 2. The third-order valence-corrected chi connectivity index (χ3v) is 4.86. The Bertz CT molecular complexity index is 436. The third-order valence-electron chi connectivity index (χ3n) is 4.30. The molecule has 1 saturated heterocycles. The maximum absolute atomic E-state index is 6.28. The predicted octanol–water partition coefficient (Wildman–Crippen LogP) is 4.21. The zero-order valence-corrected chi connectivity index (χ0v) is 12.4. The third kappa shape index (κ3) is 3.08. The molecule has 4 heteroatoms. The number of hydrogen-bond acceptors (Lipinski definition) is 2. The minimum absolute atomic E-state index is 0.0374. The second-order valence-corrected chi connectivity index (χ2v) is 6.39. The van der Waals surface area contributed by atoms with Crippen LogP contribution in [0.15, 0.2) is 18.2 Å². The van der Waals surface area contributed by atoms with Gasteiger partial charge < -0.3 is 10.1 Å². The summed E-state index contributed by atoms with van der Waals surface area (Å²) in [6, 6.07) is 6.26. The Morgan fingerprint density at radius 1 is 1.16 bits per heavy atom. The molecule has 0 bridgehead atoms. The number of hydrogen-bond donors (Lipinski definition) is 1. The Morgan fingerprint density at radius 3 is 2.84 bits per heavy atom. The molecular weight excluding hydrogens is 281 g/mol. The molecule has 1 aromatic rings. The van der Waals surface area contributed by atoms with Crippen molar-refractivity contribution in [2.45, 2.75) is 37.8 Å². The highest BCUT2D eigenvalue weighted by molar-refractivity contribution is 6.35. The van der Waals surface area contributed by atoms with E-state index < -0.39 is 0 Å². The van der Waals surface area contributed by atoms with Crippen LogP contribution in [0.25, 0.3) is 0 Å². The molecule has 0 radical (unpaired) electrons. The fraction of sp³-hybridized carbons (Fsp3) is 0.600. The summed E-state index contributed by atoms with van der Waals surface area (Å²) in [7, 11) is 0. The van der Waals surface area contributed by atoms with Gasteiger partial charge >= 0.3 is 0 Å². The Kier molecular flexibility index (Phi) is 4.33. The number of benzene rings is 1. The van der Waals surface area contributed by atoms with E-state index in [1.165, 1.54) is 25.7 Å². The first kappa shape index (κ1) is 13.7. The number of fused-ring (bicyclic) bond motifs is 1. The van der Waals surface area contributed by atoms with Crippen molar-refractivity contribution < 1.29 is 4.74 Å². The zero-order valence-electron chi connectivity index (χ0n) is 10.9. The van der Waals surface area contributed by atoms with E-state index >= 15 is 0 Å². The molecule has 1 aliphatic heterocycles. The molecule has 2 fully saturated rings. The van der Waals surface area contributed by atoms with Crippen molar-refractivity contribution in [3.8, 4) is 0 Å². The molecule has 19 heavy (non-hydrogen) atoms. The van der Waals surface area contributed by atoms with Crippen LogP contribution in [0.4, 0.5) is 0 Å². The van der Waals surface area contributed by atoms with Crippen LogP contribution in [-0.4, -0.2) is 19.2 Å². The Morgan fingerprint density at radius 2 is 2.00 bits per heavy atom. The van der Waals surface area contributed by atoms with Gasteiger partial charge in [0.2, 0.25) is 0 Å². The van der Waals surface area contributed by atoms with Crippen LogP contribution in [0, 0.1) is 5.92 Å². The largest absolute Gasteiger partial charge is 0.372 e. The second-order valence-electron chi connectivity index (χ2n) is 5.55. The second kappa shape index (κ2) is 6.01. The van der Waals surface area contributed by atoms with Crippen molar-refractivity contribution in [2.24, 2.45) is 5.92 Å². The zero-order chi connectivity index (χ0) is 13.2. The summed E-state index contributed by atoms with van der Waals surface area (Å²) in [6.45, 7) is 1.67. The average molecular weight is 300 g/mol. The molecule has 3 unspecified atom stereocenters. The van der Waals surface area contributed by atoms with E-state index in [0.29, 0.717) is 22.0 Å². The average Bonchev–Trinajstić information content (AvgIpc) is 2.62. The van der Waals surface area contributed by atoms with Gasteiger partial charge in [0, 0.05) is 28.2 Å². The summed E-state index contributed by atoms with van der Waals surface area (Å²) in [4.78, 5) is 0. The van der Waals surface area contributed by atoms with Gasteiger partial charge in [0.25, 0.3) is 0 Å². The summed E-state index contributed by atoms with van der Waals surface area (Å²) >= 11 is 12.2. The van der Waals surface area contributed by atoms with Gasteiger partial charge in [-0.05, 0) is 30.9 Å². The molecule has 3 rings (SSSR count). The normalized spacial score (nSPS) is 31.6. The summed E-state index contributed by atoms with van der Waals surface area (Å²) < 4.78 is 6.09. The standard InChI is InChI=1S/C15H19Cl2NO/c16-11-5-6-12(13(17)7-11)15-8-18-14-4-2-1-3-10(14)9-19-15/h5-7,10,14-15,18H,1-4,8-9H2. The topological polar surface area (TPSA) is 21.3 Å². The summed E-state index contributed by atoms with van der Waals surface area (Å²) in [6.07, 6.45) is 5.25. The summed E-state index contributed by atoms with van der Waals surface area (Å²) in [5, 5.41) is 5.03. The predicted molar refractivity (Wildman–Crippen MR) is 78.9 cm³/mol. The first-order valence-corrected chi connectivity index (χ1v) is 7.79. The van der Waals surface area contributed by atoms with Crippen molar-refractivity contribution in [2.75, 3.05) is 13.2 Å². The molecular formula is C15H19Cl2NO. The van der Waals surface area contributed by atoms with Crippen molar-refractivity contribution >= 4 is 23.2 Å². The minimum atomic E-state index is 0.0374. The van der Waals surface area contributed by atoms with E-state index in [1.54, 1.807) is 6.07 Å². The van der Waals surface area contributed by atoms with Crippen molar-refractivity contribution in [1.29, 1.82) is 0 Å². The lowest BCUT2D eigenvalue weighted by atomic mass is 9.85. The van der Waals surface area contributed by atoms with Crippen LogP contribution in [0.5, 0.6) is 0 Å². The van der Waals surface area contributed by atoms with E-state index in [-0.39, 0.29) is 6.10 Å². The van der Waals surface area contributed by atoms with Gasteiger partial charge in [-0.25, -0.2) is 0 Å². The van der Waals surface area contributed by atoms with Crippen LogP contribution < -0.4 is 5.32 Å². The van der Waals surface area contributed by atoms with E-state index in [1.807, 2.05) is 12.1 Å². The van der Waals surface area contributed by atoms with Gasteiger partial charge in [0.05, 0.1) is 12.7 Å². The molecule has 3 atom stereocenters. The minimum Gasteiger partial charge on any atom is -0.372 e. The van der Waals surface area contributed by atoms with Gasteiger partial charge in [0.15, 0.2) is 0 Å². The molecule has 0 aromatic heterocycles. The van der Waals surface area contributed by atoms with Gasteiger partial charge in [0.1, 0.15) is 0 Å². The Balaban J connectivity index is 1.75. The van der Waals surface area contributed by atoms with Crippen LogP contribution in [-0.2, 0) is 4.74 Å². The van der Waals surface area contributed by atoms with E-state index in [9.17, 15) is 0 Å². The lowest BCUT2D eigenvalue weighted by Crippen LogP contribution is -2.38. The molecule has 0 spiro atoms. The number of rotatable bonds is 1. The molecule has 2 nitrogen and oxygen atoms in total. The van der Waals surface area contributed by atoms with E-state index in [2.05, 4.69) is 5.32 Å². The summed E-state index contributed by atoms with van der Waals surface area (Å²) in [5.41, 5.74) is 1.04. The monoisotopic (exact) mass is 299 g/mol. The molecule has 1 N–H and O–H groups in total. The quantitative estimate of drug-likeness (QED) is 0.838. The highest BCUT2D eigenvalue weighted by atomic mass is 35.5. The first-order chi connectivity index (χ1) is 9.24. The van der Waals surface area contributed by atoms with Gasteiger partial charge in [-0.2, -0.15) is 0 Å². The first-order valence-electron chi connectivity index (χ1n) is 7.04. The molecule has 1 aromatic carbocycles. The number of ether oxygens (including phenoxy) is 1. The van der Waals surface area contributed by atoms with Crippen LogP contribution in [0.2, 0.25) is 10.0 Å².